The van der Waals surface area contributed by atoms with Crippen LogP contribution in [-0.2, 0) is 0 Å². The van der Waals surface area contributed by atoms with Crippen LogP contribution in [0.1, 0.15) is 30.2 Å². The van der Waals surface area contributed by atoms with Crippen LogP contribution in [0.3, 0.4) is 0 Å². The van der Waals surface area contributed by atoms with Crippen LogP contribution >= 0.6 is 0 Å². The van der Waals surface area contributed by atoms with Gasteiger partial charge < -0.3 is 0 Å². The maximum Gasteiger partial charge on any atom is 0.204 e. The molecule has 3 nitrogen and oxygen atoms in total. The predicted molar refractivity (Wildman–Crippen MR) is 50.5 cm³/mol. The molecule has 0 saturated heterocycles. The molecule has 0 unspecified atom stereocenters. The molecule has 1 aromatic heterocycles. The Morgan fingerprint density at radius 1 is 1.46 bits per heavy atom. The van der Waals surface area contributed by atoms with Crippen molar-refractivity contribution in [2.75, 3.05) is 0 Å². The van der Waals surface area contributed by atoms with Gasteiger partial charge in [-0.1, -0.05) is 5.57 Å². The maximum atomic E-state index is 11.4. The molecule has 0 N–H and O–H groups in total. The molecule has 0 atom stereocenters. The van der Waals surface area contributed by atoms with Crippen molar-refractivity contribution in [3.8, 4) is 0 Å². The molecule has 0 aliphatic heterocycles. The van der Waals surface area contributed by atoms with Crippen LogP contribution in [-0.4, -0.2) is 15.8 Å². The zero-order chi connectivity index (χ0) is 9.84. The van der Waals surface area contributed by atoms with Crippen LogP contribution in [0.2, 0.25) is 0 Å². The lowest BCUT2D eigenvalue weighted by atomic mass is 10.2. The molecule has 13 heavy (non-hydrogen) atoms. The van der Waals surface area contributed by atoms with E-state index >= 15 is 0 Å². The largest absolute Gasteiger partial charge is 0.288 e. The molecule has 0 spiro atoms. The lowest BCUT2D eigenvalue weighted by molar-refractivity contribution is 0.104. The summed E-state index contributed by atoms with van der Waals surface area (Å²) in [5.41, 5.74) is 1.43. The van der Waals surface area contributed by atoms with Crippen LogP contribution in [0.25, 0.3) is 0 Å². The van der Waals surface area contributed by atoms with Gasteiger partial charge in [0.15, 0.2) is 0 Å². The van der Waals surface area contributed by atoms with Gasteiger partial charge in [-0.15, -0.1) is 0 Å². The molecular formula is C10H12N2O. The second kappa shape index (κ2) is 3.94. The van der Waals surface area contributed by atoms with Crippen LogP contribution in [0.4, 0.5) is 0 Å². The van der Waals surface area contributed by atoms with Gasteiger partial charge in [-0.3, -0.25) is 4.79 Å². The Bertz CT molecular complexity index is 352. The van der Waals surface area contributed by atoms with Gasteiger partial charge in [0.05, 0.1) is 0 Å². The molecule has 0 radical (unpaired) electrons. The van der Waals surface area contributed by atoms with E-state index in [1.807, 2.05) is 13.8 Å². The van der Waals surface area contributed by atoms with Crippen LogP contribution in [0.15, 0.2) is 23.9 Å². The predicted octanol–water partition coefficient (Wildman–Crippen LogP) is 1.93. The molecule has 1 aromatic rings. The first-order chi connectivity index (χ1) is 6.09. The monoisotopic (exact) mass is 176 g/mol. The number of rotatable bonds is 2. The van der Waals surface area contributed by atoms with Crippen LogP contribution in [0, 0.1) is 6.92 Å². The molecule has 0 aliphatic carbocycles. The highest BCUT2D eigenvalue weighted by atomic mass is 16.1. The summed E-state index contributed by atoms with van der Waals surface area (Å²) in [6.07, 6.45) is 3.16. The topological polar surface area (TPSA) is 42.9 Å². The minimum Gasteiger partial charge on any atom is -0.288 e. The van der Waals surface area contributed by atoms with E-state index in [4.69, 9.17) is 0 Å². The van der Waals surface area contributed by atoms with Crippen molar-refractivity contribution in [3.05, 3.63) is 35.4 Å². The molecule has 1 rings (SSSR count). The lowest BCUT2D eigenvalue weighted by Gasteiger charge is -1.96. The Morgan fingerprint density at radius 2 is 2.15 bits per heavy atom. The van der Waals surface area contributed by atoms with E-state index in [0.717, 1.165) is 5.57 Å². The molecule has 68 valence electrons. The average Bonchev–Trinajstić information content (AvgIpc) is 2.03. The van der Waals surface area contributed by atoms with Crippen molar-refractivity contribution < 1.29 is 4.79 Å². The highest BCUT2D eigenvalue weighted by Crippen LogP contribution is 2.00. The third kappa shape index (κ3) is 2.78. The van der Waals surface area contributed by atoms with Crippen molar-refractivity contribution in [2.24, 2.45) is 0 Å². The first-order valence-corrected chi connectivity index (χ1v) is 4.08. The van der Waals surface area contributed by atoms with Gasteiger partial charge in [-0.05, 0) is 32.9 Å². The number of ketones is 1. The van der Waals surface area contributed by atoms with E-state index in [1.54, 1.807) is 25.3 Å². The quantitative estimate of drug-likeness (QED) is 0.510. The zero-order valence-corrected chi connectivity index (χ0v) is 8.03. The summed E-state index contributed by atoms with van der Waals surface area (Å²) >= 11 is 0. The van der Waals surface area contributed by atoms with E-state index in [0.29, 0.717) is 11.5 Å². The second-order valence-electron chi connectivity index (χ2n) is 3.08. The minimum absolute atomic E-state index is 0.0644. The second-order valence-corrected chi connectivity index (χ2v) is 3.08. The number of carbonyl (C=O) groups excluding carboxylic acids is 1. The van der Waals surface area contributed by atoms with Crippen molar-refractivity contribution in [2.45, 2.75) is 20.8 Å². The van der Waals surface area contributed by atoms with Crippen LogP contribution < -0.4 is 0 Å². The lowest BCUT2D eigenvalue weighted by Crippen LogP contribution is -2.01. The summed E-state index contributed by atoms with van der Waals surface area (Å²) in [6, 6.07) is 1.62. The standard InChI is InChI=1S/C10H12N2O/c1-7(2)6-10(13)9-4-5-11-8(3)12-9/h4-6H,1-3H3. The summed E-state index contributed by atoms with van der Waals surface area (Å²) < 4.78 is 0. The number of allylic oxidation sites excluding steroid dienone is 2. The Morgan fingerprint density at radius 3 is 2.69 bits per heavy atom. The summed E-state index contributed by atoms with van der Waals surface area (Å²) in [7, 11) is 0. The summed E-state index contributed by atoms with van der Waals surface area (Å²) in [6.45, 7) is 5.52. The van der Waals surface area contributed by atoms with Gasteiger partial charge >= 0.3 is 0 Å². The van der Waals surface area contributed by atoms with E-state index < -0.39 is 0 Å². The number of aryl methyl sites for hydroxylation is 1. The normalized spacial score (nSPS) is 9.46. The van der Waals surface area contributed by atoms with Crippen molar-refractivity contribution in [1.29, 1.82) is 0 Å². The number of hydrogen-bond donors (Lipinski definition) is 0. The molecular weight excluding hydrogens is 164 g/mol. The molecule has 0 aliphatic rings. The van der Waals surface area contributed by atoms with Gasteiger partial charge in [0, 0.05) is 6.20 Å². The molecule has 0 amide bonds. The van der Waals surface area contributed by atoms with E-state index in [2.05, 4.69) is 9.97 Å². The average molecular weight is 176 g/mol. The number of carbonyl (C=O) groups is 1. The van der Waals surface area contributed by atoms with E-state index in [1.165, 1.54) is 0 Å². The zero-order valence-electron chi connectivity index (χ0n) is 8.03. The van der Waals surface area contributed by atoms with Crippen molar-refractivity contribution in [1.82, 2.24) is 9.97 Å². The molecule has 3 heteroatoms. The third-order valence-corrected chi connectivity index (χ3v) is 1.45. The summed E-state index contributed by atoms with van der Waals surface area (Å²) in [5.74, 6) is 0.554. The van der Waals surface area contributed by atoms with E-state index in [-0.39, 0.29) is 5.78 Å². The Hall–Kier alpha value is -1.51. The Labute approximate surface area is 77.5 Å². The van der Waals surface area contributed by atoms with Gasteiger partial charge in [-0.25, -0.2) is 9.97 Å². The SMILES string of the molecule is CC(C)=CC(=O)c1ccnc(C)n1. The van der Waals surface area contributed by atoms with Gasteiger partial charge in [-0.2, -0.15) is 0 Å². The molecule has 0 aromatic carbocycles. The number of aromatic nitrogens is 2. The third-order valence-electron chi connectivity index (χ3n) is 1.45. The minimum atomic E-state index is -0.0644. The summed E-state index contributed by atoms with van der Waals surface area (Å²) in [4.78, 5) is 19.4. The Balaban J connectivity index is 2.96. The van der Waals surface area contributed by atoms with Gasteiger partial charge in [0.1, 0.15) is 11.5 Å². The molecule has 0 fully saturated rings. The first-order valence-electron chi connectivity index (χ1n) is 4.08. The molecule has 1 heterocycles. The molecule has 0 saturated carbocycles. The maximum absolute atomic E-state index is 11.4. The Kier molecular flexibility index (Phi) is 2.90. The van der Waals surface area contributed by atoms with E-state index in [9.17, 15) is 4.79 Å². The fourth-order valence-corrected chi connectivity index (χ4v) is 0.930. The van der Waals surface area contributed by atoms with Crippen LogP contribution in [0.5, 0.6) is 0 Å². The fourth-order valence-electron chi connectivity index (χ4n) is 0.930. The fraction of sp³-hybridized carbons (Fsp3) is 0.300. The number of hydrogen-bond acceptors (Lipinski definition) is 3. The molecule has 0 bridgehead atoms. The summed E-state index contributed by atoms with van der Waals surface area (Å²) in [5, 5.41) is 0. The van der Waals surface area contributed by atoms with Crippen molar-refractivity contribution in [3.63, 3.8) is 0 Å². The van der Waals surface area contributed by atoms with Crippen molar-refractivity contribution >= 4 is 5.78 Å². The van der Waals surface area contributed by atoms with Gasteiger partial charge in [0.25, 0.3) is 0 Å². The number of nitrogens with zero attached hydrogens (tertiary/aromatic N) is 2. The highest BCUT2D eigenvalue weighted by Gasteiger charge is 2.03. The first kappa shape index (κ1) is 9.58. The smallest absolute Gasteiger partial charge is 0.204 e. The highest BCUT2D eigenvalue weighted by molar-refractivity contribution is 6.03. The van der Waals surface area contributed by atoms with Gasteiger partial charge in [0.2, 0.25) is 5.78 Å².